The van der Waals surface area contributed by atoms with E-state index in [1.807, 2.05) is 0 Å². The molecule has 2 N–H and O–H groups in total. The van der Waals surface area contributed by atoms with Gasteiger partial charge < -0.3 is 5.73 Å². The molecule has 1 fully saturated rings. The van der Waals surface area contributed by atoms with Gasteiger partial charge in [-0.2, -0.15) is 0 Å². The second kappa shape index (κ2) is 3.43. The molecule has 70 valence electrons. The first-order valence-corrected chi connectivity index (χ1v) is 5.55. The Balaban J connectivity index is 2.29. The second-order valence-electron chi connectivity index (χ2n) is 3.87. The van der Waals surface area contributed by atoms with Crippen LogP contribution in [0.25, 0.3) is 0 Å². The van der Waals surface area contributed by atoms with E-state index in [0.717, 1.165) is 17.3 Å². The van der Waals surface area contributed by atoms with Crippen molar-refractivity contribution in [1.82, 2.24) is 0 Å². The summed E-state index contributed by atoms with van der Waals surface area (Å²) in [7, 11) is 0. The molecule has 1 aliphatic carbocycles. The molecule has 1 aromatic carbocycles. The van der Waals surface area contributed by atoms with Gasteiger partial charge in [0.2, 0.25) is 0 Å². The summed E-state index contributed by atoms with van der Waals surface area (Å²) in [6, 6.07) is 8.41. The molecule has 2 heteroatoms. The minimum Gasteiger partial charge on any atom is -0.321 e. The molecule has 1 saturated carbocycles. The molecule has 0 bridgehead atoms. The van der Waals surface area contributed by atoms with E-state index >= 15 is 0 Å². The third kappa shape index (κ3) is 1.79. The van der Waals surface area contributed by atoms with Gasteiger partial charge in [-0.1, -0.05) is 40.9 Å². The van der Waals surface area contributed by atoms with Crippen LogP contribution in [-0.4, -0.2) is 0 Å². The van der Waals surface area contributed by atoms with Crippen LogP contribution in [0.1, 0.15) is 31.2 Å². The van der Waals surface area contributed by atoms with Gasteiger partial charge in [-0.3, -0.25) is 0 Å². The maximum Gasteiger partial charge on any atom is 0.0409 e. The lowest BCUT2D eigenvalue weighted by molar-refractivity contribution is 0.461. The highest BCUT2D eigenvalue weighted by atomic mass is 79.9. The fourth-order valence-electron chi connectivity index (χ4n) is 2.08. The lowest BCUT2D eigenvalue weighted by Gasteiger charge is -2.24. The molecular formula is C11H14BrN. The molecule has 2 rings (SSSR count). The predicted molar refractivity (Wildman–Crippen MR) is 58.5 cm³/mol. The molecule has 0 atom stereocenters. The van der Waals surface area contributed by atoms with E-state index in [4.69, 9.17) is 5.73 Å². The Morgan fingerprint density at radius 3 is 2.15 bits per heavy atom. The second-order valence-corrected chi connectivity index (χ2v) is 4.79. The third-order valence-corrected chi connectivity index (χ3v) is 3.44. The van der Waals surface area contributed by atoms with Crippen molar-refractivity contribution in [2.75, 3.05) is 0 Å². The number of benzene rings is 1. The van der Waals surface area contributed by atoms with Crippen molar-refractivity contribution in [3.8, 4) is 0 Å². The minimum absolute atomic E-state index is 0.0410. The molecule has 0 radical (unpaired) electrons. The van der Waals surface area contributed by atoms with Crippen molar-refractivity contribution in [2.24, 2.45) is 5.73 Å². The summed E-state index contributed by atoms with van der Waals surface area (Å²) in [4.78, 5) is 0. The van der Waals surface area contributed by atoms with Crippen LogP contribution in [0, 0.1) is 0 Å². The summed E-state index contributed by atoms with van der Waals surface area (Å²) in [5.41, 5.74) is 7.56. The fourth-order valence-corrected chi connectivity index (χ4v) is 2.34. The quantitative estimate of drug-likeness (QED) is 0.801. The summed E-state index contributed by atoms with van der Waals surface area (Å²) >= 11 is 3.43. The molecule has 1 aliphatic rings. The number of hydrogen-bond acceptors (Lipinski definition) is 1. The number of nitrogens with two attached hydrogens (primary N) is 1. The van der Waals surface area contributed by atoms with Crippen molar-refractivity contribution in [3.63, 3.8) is 0 Å². The highest BCUT2D eigenvalue weighted by Crippen LogP contribution is 2.36. The highest BCUT2D eigenvalue weighted by Gasteiger charge is 2.30. The van der Waals surface area contributed by atoms with Gasteiger partial charge in [-0.05, 0) is 30.5 Å². The zero-order valence-corrected chi connectivity index (χ0v) is 9.18. The van der Waals surface area contributed by atoms with Crippen molar-refractivity contribution < 1.29 is 0 Å². The molecule has 0 saturated heterocycles. The van der Waals surface area contributed by atoms with E-state index < -0.39 is 0 Å². The van der Waals surface area contributed by atoms with Crippen molar-refractivity contribution >= 4 is 15.9 Å². The molecule has 1 aromatic rings. The van der Waals surface area contributed by atoms with E-state index in [-0.39, 0.29) is 5.54 Å². The molecular weight excluding hydrogens is 226 g/mol. The summed E-state index contributed by atoms with van der Waals surface area (Å²) in [5.74, 6) is 0. The van der Waals surface area contributed by atoms with Crippen LogP contribution < -0.4 is 5.73 Å². The Morgan fingerprint density at radius 1 is 1.08 bits per heavy atom. The number of rotatable bonds is 1. The maximum absolute atomic E-state index is 6.32. The van der Waals surface area contributed by atoms with Crippen LogP contribution in [-0.2, 0) is 5.54 Å². The van der Waals surface area contributed by atoms with E-state index in [0.29, 0.717) is 0 Å². The van der Waals surface area contributed by atoms with Crippen LogP contribution >= 0.6 is 15.9 Å². The van der Waals surface area contributed by atoms with Gasteiger partial charge in [0, 0.05) is 10.0 Å². The average Bonchev–Trinajstić information content (AvgIpc) is 2.54. The summed E-state index contributed by atoms with van der Waals surface area (Å²) < 4.78 is 1.12. The van der Waals surface area contributed by atoms with Crippen LogP contribution in [0.4, 0.5) is 0 Å². The van der Waals surface area contributed by atoms with Crippen molar-refractivity contribution in [3.05, 3.63) is 34.3 Å². The number of halogens is 1. The van der Waals surface area contributed by atoms with Gasteiger partial charge in [-0.25, -0.2) is 0 Å². The van der Waals surface area contributed by atoms with E-state index in [9.17, 15) is 0 Å². The van der Waals surface area contributed by atoms with Gasteiger partial charge in [-0.15, -0.1) is 0 Å². The first kappa shape index (κ1) is 9.22. The van der Waals surface area contributed by atoms with Gasteiger partial charge in [0.15, 0.2) is 0 Å². The maximum atomic E-state index is 6.32. The van der Waals surface area contributed by atoms with E-state index in [1.54, 1.807) is 0 Å². The summed E-state index contributed by atoms with van der Waals surface area (Å²) in [5, 5.41) is 0. The smallest absolute Gasteiger partial charge is 0.0409 e. The van der Waals surface area contributed by atoms with Crippen LogP contribution in [0.3, 0.4) is 0 Å². The Morgan fingerprint density at radius 2 is 1.62 bits per heavy atom. The zero-order valence-electron chi connectivity index (χ0n) is 7.59. The van der Waals surface area contributed by atoms with Crippen LogP contribution in [0.5, 0.6) is 0 Å². The average molecular weight is 240 g/mol. The van der Waals surface area contributed by atoms with Gasteiger partial charge in [0.25, 0.3) is 0 Å². The fraction of sp³-hybridized carbons (Fsp3) is 0.455. The molecule has 0 aromatic heterocycles. The Bertz CT molecular complexity index is 285. The minimum atomic E-state index is -0.0410. The molecule has 1 nitrogen and oxygen atoms in total. The zero-order chi connectivity index (χ0) is 9.31. The monoisotopic (exact) mass is 239 g/mol. The van der Waals surface area contributed by atoms with Gasteiger partial charge in [0.05, 0.1) is 0 Å². The normalized spacial score (nSPS) is 20.5. The van der Waals surface area contributed by atoms with E-state index in [1.165, 1.54) is 18.4 Å². The SMILES string of the molecule is NC1(c2ccc(Br)cc2)CCCC1. The van der Waals surface area contributed by atoms with Crippen molar-refractivity contribution in [2.45, 2.75) is 31.2 Å². The lowest BCUT2D eigenvalue weighted by Crippen LogP contribution is -2.32. The molecule has 0 spiro atoms. The van der Waals surface area contributed by atoms with Crippen molar-refractivity contribution in [1.29, 1.82) is 0 Å². The first-order valence-electron chi connectivity index (χ1n) is 4.76. The Kier molecular flexibility index (Phi) is 2.43. The summed E-state index contributed by atoms with van der Waals surface area (Å²) in [6.45, 7) is 0. The highest BCUT2D eigenvalue weighted by molar-refractivity contribution is 9.10. The topological polar surface area (TPSA) is 26.0 Å². The number of hydrogen-bond donors (Lipinski definition) is 1. The van der Waals surface area contributed by atoms with E-state index in [2.05, 4.69) is 40.2 Å². The van der Waals surface area contributed by atoms with Gasteiger partial charge in [0.1, 0.15) is 0 Å². The Labute approximate surface area is 87.5 Å². The lowest BCUT2D eigenvalue weighted by atomic mass is 9.90. The molecule has 0 unspecified atom stereocenters. The third-order valence-electron chi connectivity index (χ3n) is 2.91. The van der Waals surface area contributed by atoms with Crippen LogP contribution in [0.2, 0.25) is 0 Å². The van der Waals surface area contributed by atoms with Crippen LogP contribution in [0.15, 0.2) is 28.7 Å². The Hall–Kier alpha value is -0.340. The first-order chi connectivity index (χ1) is 6.21. The molecule has 13 heavy (non-hydrogen) atoms. The molecule has 0 aliphatic heterocycles. The summed E-state index contributed by atoms with van der Waals surface area (Å²) in [6.07, 6.45) is 4.81. The largest absolute Gasteiger partial charge is 0.321 e. The molecule has 0 amide bonds. The predicted octanol–water partition coefficient (Wildman–Crippen LogP) is 3.18. The standard InChI is InChI=1S/C11H14BrN/c12-10-5-3-9(4-6-10)11(13)7-1-2-8-11/h3-6H,1-2,7-8,13H2. The molecule has 0 heterocycles. The van der Waals surface area contributed by atoms with Gasteiger partial charge >= 0.3 is 0 Å².